The van der Waals surface area contributed by atoms with Gasteiger partial charge in [0.1, 0.15) is 17.1 Å². The van der Waals surface area contributed by atoms with Crippen LogP contribution in [0.2, 0.25) is 0 Å². The minimum atomic E-state index is -1.05. The number of carbonyl (C=O) groups excluding carboxylic acids is 1. The molecule has 0 aliphatic carbocycles. The van der Waals surface area contributed by atoms with Crippen molar-refractivity contribution in [3.05, 3.63) is 95.6 Å². The number of unbranched alkanes of at least 4 members (excludes halogenated alkanes) is 7. The number of benzene rings is 3. The van der Waals surface area contributed by atoms with Gasteiger partial charge in [0.25, 0.3) is 0 Å². The highest BCUT2D eigenvalue weighted by Crippen LogP contribution is 2.41. The average Bonchev–Trinajstić information content (AvgIpc) is 3.06. The van der Waals surface area contributed by atoms with Crippen LogP contribution in [0.5, 0.6) is 11.5 Å². The zero-order valence-corrected chi connectivity index (χ0v) is 26.9. The van der Waals surface area contributed by atoms with E-state index >= 15 is 0 Å². The molecule has 3 rings (SSSR count). The lowest BCUT2D eigenvalue weighted by molar-refractivity contribution is -0.137. The van der Waals surface area contributed by atoms with Crippen LogP contribution in [-0.2, 0) is 19.9 Å². The second kappa shape index (κ2) is 18.8. The van der Waals surface area contributed by atoms with Crippen LogP contribution in [0.1, 0.15) is 87.8 Å². The molecule has 1 amide bonds. The van der Waals surface area contributed by atoms with Crippen molar-refractivity contribution in [2.45, 2.75) is 88.9 Å². The molecule has 8 heteroatoms. The Balaban J connectivity index is 1.70. The van der Waals surface area contributed by atoms with E-state index in [4.69, 9.17) is 19.3 Å². The van der Waals surface area contributed by atoms with Crippen molar-refractivity contribution < 1.29 is 34.0 Å². The molecule has 45 heavy (non-hydrogen) atoms. The van der Waals surface area contributed by atoms with Gasteiger partial charge in [-0.25, -0.2) is 0 Å². The van der Waals surface area contributed by atoms with Crippen molar-refractivity contribution in [1.82, 2.24) is 5.32 Å². The molecule has 0 radical (unpaired) electrons. The summed E-state index contributed by atoms with van der Waals surface area (Å²) < 4.78 is 17.7. The molecule has 0 unspecified atom stereocenters. The van der Waals surface area contributed by atoms with Gasteiger partial charge in [-0.2, -0.15) is 0 Å². The molecule has 8 nitrogen and oxygen atoms in total. The normalized spacial score (nSPS) is 12.7. The SMILES string of the molecule is COc1ccc(C(OC[C@@H](NC(=O)CCCCCCCCCCC(=O)O)[C@@H](C)O)(c2ccccc2)c2ccc(OC)cc2)cc1. The van der Waals surface area contributed by atoms with E-state index in [1.54, 1.807) is 21.1 Å². The Kier molecular flexibility index (Phi) is 14.9. The van der Waals surface area contributed by atoms with Gasteiger partial charge in [-0.05, 0) is 60.7 Å². The highest BCUT2D eigenvalue weighted by atomic mass is 16.5. The van der Waals surface area contributed by atoms with Crippen molar-refractivity contribution >= 4 is 11.9 Å². The average molecular weight is 620 g/mol. The number of carbonyl (C=O) groups is 2. The fraction of sp³-hybridized carbons (Fsp3) is 0.459. The summed E-state index contributed by atoms with van der Waals surface area (Å²) >= 11 is 0. The Morgan fingerprint density at radius 3 is 1.58 bits per heavy atom. The molecule has 0 heterocycles. The number of hydrogen-bond donors (Lipinski definition) is 3. The molecule has 0 fully saturated rings. The number of hydrogen-bond acceptors (Lipinski definition) is 6. The second-order valence-electron chi connectivity index (χ2n) is 11.5. The van der Waals surface area contributed by atoms with Gasteiger partial charge in [0.05, 0.1) is 33.0 Å². The van der Waals surface area contributed by atoms with Crippen molar-refractivity contribution in [1.29, 1.82) is 0 Å². The predicted octanol–water partition coefficient (Wildman–Crippen LogP) is 6.86. The lowest BCUT2D eigenvalue weighted by Crippen LogP contribution is -2.47. The smallest absolute Gasteiger partial charge is 0.303 e. The number of rotatable bonds is 21. The van der Waals surface area contributed by atoms with Crippen molar-refractivity contribution in [3.8, 4) is 11.5 Å². The first-order chi connectivity index (χ1) is 21.8. The van der Waals surface area contributed by atoms with Gasteiger partial charge in [0, 0.05) is 12.8 Å². The molecule has 0 aliphatic rings. The number of aliphatic carboxylic acids is 1. The summed E-state index contributed by atoms with van der Waals surface area (Å²) in [6.07, 6.45) is 7.42. The molecule has 0 bridgehead atoms. The van der Waals surface area contributed by atoms with Crippen LogP contribution >= 0.6 is 0 Å². The van der Waals surface area contributed by atoms with E-state index < -0.39 is 23.7 Å². The van der Waals surface area contributed by atoms with Crippen LogP contribution in [0.15, 0.2) is 78.9 Å². The van der Waals surface area contributed by atoms with E-state index in [1.165, 1.54) is 0 Å². The third-order valence-electron chi connectivity index (χ3n) is 8.13. The zero-order valence-electron chi connectivity index (χ0n) is 26.9. The summed E-state index contributed by atoms with van der Waals surface area (Å²) in [6, 6.07) is 24.8. The Hall–Kier alpha value is -3.88. The number of ether oxygens (including phenoxy) is 3. The summed E-state index contributed by atoms with van der Waals surface area (Å²) in [5.74, 6) is 0.598. The topological polar surface area (TPSA) is 114 Å². The molecule has 0 aromatic heterocycles. The molecule has 0 saturated carbocycles. The van der Waals surface area contributed by atoms with Gasteiger partial charge in [-0.1, -0.05) is 93.1 Å². The zero-order chi connectivity index (χ0) is 32.5. The molecular formula is C37H49NO7. The number of methoxy groups -OCH3 is 2. The third-order valence-corrected chi connectivity index (χ3v) is 8.13. The van der Waals surface area contributed by atoms with Gasteiger partial charge in [0.15, 0.2) is 0 Å². The van der Waals surface area contributed by atoms with Crippen LogP contribution in [-0.4, -0.2) is 55.1 Å². The first-order valence-corrected chi connectivity index (χ1v) is 16.0. The van der Waals surface area contributed by atoms with Crippen molar-refractivity contribution in [2.75, 3.05) is 20.8 Å². The quantitative estimate of drug-likeness (QED) is 0.0881. The minimum absolute atomic E-state index is 0.0677. The lowest BCUT2D eigenvalue weighted by Gasteiger charge is -2.37. The highest BCUT2D eigenvalue weighted by molar-refractivity contribution is 5.76. The summed E-state index contributed by atoms with van der Waals surface area (Å²) in [7, 11) is 3.26. The van der Waals surface area contributed by atoms with Crippen LogP contribution in [0.3, 0.4) is 0 Å². The number of carboxylic acids is 1. The molecule has 0 saturated heterocycles. The first-order valence-electron chi connectivity index (χ1n) is 16.0. The monoisotopic (exact) mass is 619 g/mol. The van der Waals surface area contributed by atoms with E-state index in [1.807, 2.05) is 78.9 Å². The van der Waals surface area contributed by atoms with Gasteiger partial charge in [-0.3, -0.25) is 9.59 Å². The molecule has 0 aliphatic heterocycles. The Morgan fingerprint density at radius 2 is 1.13 bits per heavy atom. The Bertz CT molecular complexity index is 1230. The fourth-order valence-corrected chi connectivity index (χ4v) is 5.49. The molecule has 0 spiro atoms. The van der Waals surface area contributed by atoms with E-state index in [0.717, 1.165) is 79.6 Å². The maximum Gasteiger partial charge on any atom is 0.303 e. The maximum absolute atomic E-state index is 12.9. The molecule has 244 valence electrons. The first kappa shape index (κ1) is 35.6. The van der Waals surface area contributed by atoms with Gasteiger partial charge < -0.3 is 29.7 Å². The minimum Gasteiger partial charge on any atom is -0.497 e. The third kappa shape index (κ3) is 10.9. The second-order valence-corrected chi connectivity index (χ2v) is 11.5. The van der Waals surface area contributed by atoms with Crippen molar-refractivity contribution in [2.24, 2.45) is 0 Å². The standard InChI is InChI=1S/C37H49NO7/c1-28(39)34(38-35(40)17-13-8-6-4-5-7-9-14-18-36(41)42)27-45-37(29-15-11-10-12-16-29,30-19-23-32(43-2)24-20-30)31-21-25-33(44-3)26-22-31/h10-12,15-16,19-26,28,34,39H,4-9,13-14,17-18,27H2,1-3H3,(H,38,40)(H,41,42)/t28-,34-/m1/s1. The Labute approximate surface area is 267 Å². The van der Waals surface area contributed by atoms with Crippen molar-refractivity contribution in [3.63, 3.8) is 0 Å². The molecule has 3 N–H and O–H groups in total. The van der Waals surface area contributed by atoms with Gasteiger partial charge >= 0.3 is 5.97 Å². The summed E-state index contributed by atoms with van der Waals surface area (Å²) in [5.41, 5.74) is 1.60. The largest absolute Gasteiger partial charge is 0.497 e. The van der Waals surface area contributed by atoms with Crippen LogP contribution in [0.25, 0.3) is 0 Å². The van der Waals surface area contributed by atoms with Crippen LogP contribution in [0.4, 0.5) is 0 Å². The number of amides is 1. The lowest BCUT2D eigenvalue weighted by atomic mass is 9.80. The molecule has 3 aromatic carbocycles. The van der Waals surface area contributed by atoms with E-state index in [2.05, 4.69) is 5.32 Å². The predicted molar refractivity (Wildman–Crippen MR) is 176 cm³/mol. The molecule has 3 aromatic rings. The molecule has 2 atom stereocenters. The number of nitrogens with one attached hydrogen (secondary N) is 1. The number of carboxylic acid groups (broad SMARTS) is 1. The number of aliphatic hydroxyl groups is 1. The highest BCUT2D eigenvalue weighted by Gasteiger charge is 2.39. The maximum atomic E-state index is 12.9. The van der Waals surface area contributed by atoms with Crippen LogP contribution in [0, 0.1) is 0 Å². The van der Waals surface area contributed by atoms with Crippen LogP contribution < -0.4 is 14.8 Å². The fourth-order valence-electron chi connectivity index (χ4n) is 5.49. The van der Waals surface area contributed by atoms with E-state index in [9.17, 15) is 14.7 Å². The Morgan fingerprint density at radius 1 is 0.689 bits per heavy atom. The van der Waals surface area contributed by atoms with E-state index in [-0.39, 0.29) is 18.9 Å². The summed E-state index contributed by atoms with van der Waals surface area (Å²) in [6.45, 7) is 1.73. The van der Waals surface area contributed by atoms with Gasteiger partial charge in [-0.15, -0.1) is 0 Å². The van der Waals surface area contributed by atoms with Gasteiger partial charge in [0.2, 0.25) is 5.91 Å². The summed E-state index contributed by atoms with van der Waals surface area (Å²) in [4.78, 5) is 23.5. The summed E-state index contributed by atoms with van der Waals surface area (Å²) in [5, 5.41) is 22.4. The number of aliphatic hydroxyl groups excluding tert-OH is 1. The van der Waals surface area contributed by atoms with E-state index in [0.29, 0.717) is 6.42 Å². The molecular weight excluding hydrogens is 570 g/mol.